The first-order chi connectivity index (χ1) is 11.5. The number of rotatable bonds is 6. The second kappa shape index (κ2) is 8.29. The molecule has 0 spiro atoms. The van der Waals surface area contributed by atoms with Crippen LogP contribution in [-0.4, -0.2) is 17.9 Å². The third kappa shape index (κ3) is 4.69. The van der Waals surface area contributed by atoms with Crippen molar-refractivity contribution in [3.8, 4) is 0 Å². The first kappa shape index (κ1) is 17.7. The molecular formula is C20H24N2O2. The van der Waals surface area contributed by atoms with Crippen molar-refractivity contribution in [2.24, 2.45) is 0 Å². The second-order valence-corrected chi connectivity index (χ2v) is 5.89. The van der Waals surface area contributed by atoms with E-state index in [2.05, 4.69) is 29.7 Å². The summed E-state index contributed by atoms with van der Waals surface area (Å²) in [6.45, 7) is 5.73. The molecule has 0 aliphatic carbocycles. The van der Waals surface area contributed by atoms with Crippen LogP contribution < -0.4 is 10.6 Å². The highest BCUT2D eigenvalue weighted by molar-refractivity contribution is 5.97. The summed E-state index contributed by atoms with van der Waals surface area (Å²) in [7, 11) is 0. The fourth-order valence-electron chi connectivity index (χ4n) is 2.40. The fourth-order valence-corrected chi connectivity index (χ4v) is 2.40. The van der Waals surface area contributed by atoms with E-state index in [1.807, 2.05) is 25.1 Å². The van der Waals surface area contributed by atoms with Gasteiger partial charge in [0.25, 0.3) is 5.91 Å². The molecule has 0 radical (unpaired) electrons. The van der Waals surface area contributed by atoms with Crippen LogP contribution >= 0.6 is 0 Å². The molecule has 2 aromatic carbocycles. The average Bonchev–Trinajstić information content (AvgIpc) is 2.62. The summed E-state index contributed by atoms with van der Waals surface area (Å²) < 4.78 is 0. The molecule has 4 heteroatoms. The highest BCUT2D eigenvalue weighted by Crippen LogP contribution is 2.14. The zero-order valence-electron chi connectivity index (χ0n) is 14.4. The Kier molecular flexibility index (Phi) is 6.13. The Balaban J connectivity index is 1.91. The van der Waals surface area contributed by atoms with E-state index in [1.165, 1.54) is 5.56 Å². The Bertz CT molecular complexity index is 681. The third-order valence-corrected chi connectivity index (χ3v) is 4.02. The normalized spacial score (nSPS) is 13.0. The number of hydrogen-bond acceptors (Lipinski definition) is 2. The van der Waals surface area contributed by atoms with Crippen molar-refractivity contribution in [1.82, 2.24) is 10.6 Å². The topological polar surface area (TPSA) is 58.2 Å². The first-order valence-electron chi connectivity index (χ1n) is 8.26. The van der Waals surface area contributed by atoms with Crippen LogP contribution in [0.5, 0.6) is 0 Å². The van der Waals surface area contributed by atoms with Gasteiger partial charge < -0.3 is 10.6 Å². The molecule has 24 heavy (non-hydrogen) atoms. The Morgan fingerprint density at radius 1 is 0.917 bits per heavy atom. The second-order valence-electron chi connectivity index (χ2n) is 5.89. The van der Waals surface area contributed by atoms with Gasteiger partial charge in [0.2, 0.25) is 5.91 Å². The van der Waals surface area contributed by atoms with Crippen molar-refractivity contribution in [2.75, 3.05) is 0 Å². The maximum absolute atomic E-state index is 12.3. The molecule has 2 unspecified atom stereocenters. The van der Waals surface area contributed by atoms with Gasteiger partial charge in [-0.2, -0.15) is 0 Å². The van der Waals surface area contributed by atoms with Gasteiger partial charge in [-0.05, 0) is 43.5 Å². The summed E-state index contributed by atoms with van der Waals surface area (Å²) in [5.74, 6) is -0.454. The molecule has 0 fully saturated rings. The van der Waals surface area contributed by atoms with Crippen molar-refractivity contribution in [3.05, 3.63) is 71.3 Å². The molecule has 126 valence electrons. The fraction of sp³-hybridized carbons (Fsp3) is 0.300. The lowest BCUT2D eigenvalue weighted by molar-refractivity contribution is -0.123. The highest BCUT2D eigenvalue weighted by Gasteiger charge is 2.18. The van der Waals surface area contributed by atoms with Gasteiger partial charge in [-0.3, -0.25) is 9.59 Å². The van der Waals surface area contributed by atoms with E-state index < -0.39 is 6.04 Å². The van der Waals surface area contributed by atoms with Crippen LogP contribution in [0.4, 0.5) is 0 Å². The molecule has 0 saturated carbocycles. The minimum Gasteiger partial charge on any atom is -0.348 e. The van der Waals surface area contributed by atoms with Crippen LogP contribution in [0.15, 0.2) is 54.6 Å². The van der Waals surface area contributed by atoms with Crippen LogP contribution in [0.2, 0.25) is 0 Å². The predicted molar refractivity (Wildman–Crippen MR) is 95.7 cm³/mol. The molecule has 0 aliphatic rings. The van der Waals surface area contributed by atoms with Gasteiger partial charge in [0.05, 0.1) is 6.04 Å². The van der Waals surface area contributed by atoms with Crippen molar-refractivity contribution in [2.45, 2.75) is 39.3 Å². The number of hydrogen-bond donors (Lipinski definition) is 2. The Hall–Kier alpha value is -2.62. The molecule has 0 heterocycles. The molecular weight excluding hydrogens is 300 g/mol. The summed E-state index contributed by atoms with van der Waals surface area (Å²) in [6.07, 6.45) is 0.990. The summed E-state index contributed by atoms with van der Waals surface area (Å²) in [4.78, 5) is 24.4. The highest BCUT2D eigenvalue weighted by atomic mass is 16.2. The van der Waals surface area contributed by atoms with E-state index in [9.17, 15) is 9.59 Å². The molecule has 0 saturated heterocycles. The number of aryl methyl sites for hydroxylation is 1. The third-order valence-electron chi connectivity index (χ3n) is 4.02. The monoisotopic (exact) mass is 324 g/mol. The van der Waals surface area contributed by atoms with Crippen molar-refractivity contribution >= 4 is 11.8 Å². The largest absolute Gasteiger partial charge is 0.348 e. The number of carbonyl (C=O) groups excluding carboxylic acids is 2. The number of benzene rings is 2. The van der Waals surface area contributed by atoms with Crippen molar-refractivity contribution < 1.29 is 9.59 Å². The van der Waals surface area contributed by atoms with Crippen molar-refractivity contribution in [1.29, 1.82) is 0 Å². The van der Waals surface area contributed by atoms with Gasteiger partial charge in [0.1, 0.15) is 6.04 Å². The van der Waals surface area contributed by atoms with E-state index in [0.717, 1.165) is 12.0 Å². The van der Waals surface area contributed by atoms with E-state index in [-0.39, 0.29) is 17.9 Å². The van der Waals surface area contributed by atoms with Gasteiger partial charge in [0, 0.05) is 5.56 Å². The molecule has 2 amide bonds. The molecule has 4 nitrogen and oxygen atoms in total. The quantitative estimate of drug-likeness (QED) is 0.857. The van der Waals surface area contributed by atoms with Gasteiger partial charge >= 0.3 is 0 Å². The Labute approximate surface area is 143 Å². The SMILES string of the molecule is CCc1ccc(C(C)NC(=O)C(C)NC(=O)c2ccccc2)cc1. The smallest absolute Gasteiger partial charge is 0.251 e. The van der Waals surface area contributed by atoms with Gasteiger partial charge in [-0.1, -0.05) is 49.4 Å². The zero-order valence-corrected chi connectivity index (χ0v) is 14.4. The van der Waals surface area contributed by atoms with Crippen LogP contribution in [-0.2, 0) is 11.2 Å². The standard InChI is InChI=1S/C20H24N2O2/c1-4-16-10-12-17(13-11-16)14(2)21-19(23)15(3)22-20(24)18-8-6-5-7-9-18/h5-15H,4H2,1-3H3,(H,21,23)(H,22,24). The Morgan fingerprint density at radius 2 is 1.54 bits per heavy atom. The lowest BCUT2D eigenvalue weighted by Gasteiger charge is -2.19. The number of nitrogens with one attached hydrogen (secondary N) is 2. The molecule has 2 aromatic rings. The van der Waals surface area contributed by atoms with Crippen LogP contribution in [0.3, 0.4) is 0 Å². The lowest BCUT2D eigenvalue weighted by Crippen LogP contribution is -2.45. The van der Waals surface area contributed by atoms with Crippen LogP contribution in [0, 0.1) is 0 Å². The maximum atomic E-state index is 12.3. The van der Waals surface area contributed by atoms with Gasteiger partial charge in [0.15, 0.2) is 0 Å². The minimum absolute atomic E-state index is 0.112. The molecule has 0 bridgehead atoms. The lowest BCUT2D eigenvalue weighted by atomic mass is 10.0. The molecule has 2 N–H and O–H groups in total. The molecule has 2 rings (SSSR count). The van der Waals surface area contributed by atoms with Crippen LogP contribution in [0.1, 0.15) is 48.3 Å². The number of carbonyl (C=O) groups is 2. The predicted octanol–water partition coefficient (Wildman–Crippen LogP) is 3.24. The van der Waals surface area contributed by atoms with Gasteiger partial charge in [-0.25, -0.2) is 0 Å². The van der Waals surface area contributed by atoms with E-state index in [0.29, 0.717) is 5.56 Å². The molecule has 2 atom stereocenters. The minimum atomic E-state index is -0.602. The van der Waals surface area contributed by atoms with Crippen molar-refractivity contribution in [3.63, 3.8) is 0 Å². The first-order valence-corrected chi connectivity index (χ1v) is 8.26. The molecule has 0 aliphatic heterocycles. The number of amides is 2. The van der Waals surface area contributed by atoms with E-state index >= 15 is 0 Å². The molecule has 0 aromatic heterocycles. The zero-order chi connectivity index (χ0) is 17.5. The summed E-state index contributed by atoms with van der Waals surface area (Å²) in [5, 5.41) is 5.66. The summed E-state index contributed by atoms with van der Waals surface area (Å²) >= 11 is 0. The summed E-state index contributed by atoms with van der Waals surface area (Å²) in [6, 6.07) is 16.3. The van der Waals surface area contributed by atoms with Gasteiger partial charge in [-0.15, -0.1) is 0 Å². The Morgan fingerprint density at radius 3 is 2.12 bits per heavy atom. The van der Waals surface area contributed by atoms with Crippen LogP contribution in [0.25, 0.3) is 0 Å². The maximum Gasteiger partial charge on any atom is 0.251 e. The van der Waals surface area contributed by atoms with E-state index in [1.54, 1.807) is 31.2 Å². The summed E-state index contributed by atoms with van der Waals surface area (Å²) in [5.41, 5.74) is 2.85. The average molecular weight is 324 g/mol. The van der Waals surface area contributed by atoms with E-state index in [4.69, 9.17) is 0 Å².